The number of benzene rings is 1. The molecule has 0 aliphatic rings. The third-order valence-corrected chi connectivity index (χ3v) is 2.33. The topological polar surface area (TPSA) is 87.2 Å². The van der Waals surface area contributed by atoms with Crippen molar-refractivity contribution in [3.8, 4) is 6.07 Å². The van der Waals surface area contributed by atoms with Crippen molar-refractivity contribution in [3.63, 3.8) is 0 Å². The van der Waals surface area contributed by atoms with Gasteiger partial charge in [0.05, 0.1) is 29.1 Å². The fourth-order valence-electron chi connectivity index (χ4n) is 1.15. The summed E-state index contributed by atoms with van der Waals surface area (Å²) in [5.41, 5.74) is -0.0307. The number of nitro benzene ring substituents is 1. The minimum atomic E-state index is -1.12. The molecule has 5 nitrogen and oxygen atoms in total. The average Bonchev–Trinajstić information content (AvgIpc) is 2.17. The van der Waals surface area contributed by atoms with Crippen LogP contribution in [0.25, 0.3) is 0 Å². The highest BCUT2D eigenvalue weighted by atomic mass is 79.9. The van der Waals surface area contributed by atoms with Gasteiger partial charge >= 0.3 is 0 Å². The lowest BCUT2D eigenvalue weighted by atomic mass is 10.1. The van der Waals surface area contributed by atoms with Crippen LogP contribution in [0.15, 0.2) is 22.7 Å². The molecule has 0 bridgehead atoms. The van der Waals surface area contributed by atoms with Crippen LogP contribution < -0.4 is 0 Å². The van der Waals surface area contributed by atoms with E-state index in [0.29, 0.717) is 4.47 Å². The van der Waals surface area contributed by atoms with Crippen molar-refractivity contribution in [2.75, 3.05) is 0 Å². The molecule has 15 heavy (non-hydrogen) atoms. The Hall–Kier alpha value is -1.45. The summed E-state index contributed by atoms with van der Waals surface area (Å²) in [6.07, 6.45) is -1.29. The predicted octanol–water partition coefficient (Wildman–Crippen LogP) is 2.30. The first kappa shape index (κ1) is 11.6. The maximum atomic E-state index is 10.7. The maximum Gasteiger partial charge on any atom is 0.276 e. The molecular formula is C9H7BrN2O3. The zero-order valence-corrected chi connectivity index (χ0v) is 9.14. The average molecular weight is 271 g/mol. The zero-order valence-electron chi connectivity index (χ0n) is 7.55. The molecule has 0 aliphatic carbocycles. The Kier molecular flexibility index (Phi) is 3.77. The first-order chi connectivity index (χ1) is 7.06. The Morgan fingerprint density at radius 2 is 2.33 bits per heavy atom. The summed E-state index contributed by atoms with van der Waals surface area (Å²) in [6.45, 7) is 0. The van der Waals surface area contributed by atoms with Gasteiger partial charge in [-0.25, -0.2) is 0 Å². The van der Waals surface area contributed by atoms with Gasteiger partial charge in [0.2, 0.25) is 0 Å². The molecule has 0 amide bonds. The quantitative estimate of drug-likeness (QED) is 0.674. The van der Waals surface area contributed by atoms with Gasteiger partial charge in [-0.2, -0.15) is 5.26 Å². The van der Waals surface area contributed by atoms with Crippen molar-refractivity contribution < 1.29 is 10.0 Å². The van der Waals surface area contributed by atoms with E-state index in [1.807, 2.05) is 0 Å². The molecule has 78 valence electrons. The van der Waals surface area contributed by atoms with E-state index < -0.39 is 11.0 Å². The highest BCUT2D eigenvalue weighted by Crippen LogP contribution is 2.29. The second-order valence-corrected chi connectivity index (χ2v) is 3.75. The van der Waals surface area contributed by atoms with Crippen LogP contribution in [0.2, 0.25) is 0 Å². The van der Waals surface area contributed by atoms with Crippen molar-refractivity contribution in [1.29, 1.82) is 5.26 Å². The Morgan fingerprint density at radius 1 is 1.67 bits per heavy atom. The van der Waals surface area contributed by atoms with E-state index in [1.165, 1.54) is 12.1 Å². The largest absolute Gasteiger partial charge is 0.387 e. The lowest BCUT2D eigenvalue weighted by molar-refractivity contribution is -0.386. The van der Waals surface area contributed by atoms with Gasteiger partial charge in [0.25, 0.3) is 5.69 Å². The molecule has 0 fully saturated rings. The van der Waals surface area contributed by atoms with Gasteiger partial charge < -0.3 is 5.11 Å². The summed E-state index contributed by atoms with van der Waals surface area (Å²) in [6, 6.07) is 6.08. The number of nitriles is 1. The van der Waals surface area contributed by atoms with Crippen molar-refractivity contribution in [3.05, 3.63) is 38.3 Å². The fraction of sp³-hybridized carbons (Fsp3) is 0.222. The summed E-state index contributed by atoms with van der Waals surface area (Å²) < 4.78 is 0.558. The number of rotatable bonds is 3. The molecule has 0 spiro atoms. The van der Waals surface area contributed by atoms with E-state index in [-0.39, 0.29) is 17.7 Å². The number of aliphatic hydroxyl groups excluding tert-OH is 1. The SMILES string of the molecule is N#CCC(O)c1ccc(Br)cc1[N+](=O)[O-]. The number of nitro groups is 1. The second kappa shape index (κ2) is 4.87. The van der Waals surface area contributed by atoms with Gasteiger partial charge in [-0.15, -0.1) is 0 Å². The third-order valence-electron chi connectivity index (χ3n) is 1.83. The van der Waals surface area contributed by atoms with Crippen LogP contribution in [0.4, 0.5) is 5.69 Å². The highest BCUT2D eigenvalue weighted by Gasteiger charge is 2.20. The van der Waals surface area contributed by atoms with E-state index in [9.17, 15) is 15.2 Å². The Bertz CT molecular complexity index is 428. The standard InChI is InChI=1S/C9H7BrN2O3/c10-6-1-2-7(9(13)3-4-11)8(5-6)12(14)15/h1-2,5,9,13H,3H2. The van der Waals surface area contributed by atoms with E-state index in [2.05, 4.69) is 15.9 Å². The molecule has 6 heteroatoms. The van der Waals surface area contributed by atoms with Crippen molar-refractivity contribution in [2.24, 2.45) is 0 Å². The molecular weight excluding hydrogens is 264 g/mol. The van der Waals surface area contributed by atoms with Crippen LogP contribution in [-0.4, -0.2) is 10.0 Å². The Labute approximate surface area is 94.2 Å². The molecule has 0 radical (unpaired) electrons. The Morgan fingerprint density at radius 3 is 2.87 bits per heavy atom. The van der Waals surface area contributed by atoms with E-state index in [1.54, 1.807) is 12.1 Å². The minimum absolute atomic E-state index is 0.157. The number of nitrogens with zero attached hydrogens (tertiary/aromatic N) is 2. The molecule has 1 atom stereocenters. The summed E-state index contributed by atoms with van der Waals surface area (Å²) in [7, 11) is 0. The summed E-state index contributed by atoms with van der Waals surface area (Å²) in [4.78, 5) is 10.1. The van der Waals surface area contributed by atoms with Crippen molar-refractivity contribution in [2.45, 2.75) is 12.5 Å². The van der Waals surface area contributed by atoms with Gasteiger partial charge in [-0.1, -0.05) is 15.9 Å². The van der Waals surface area contributed by atoms with Gasteiger partial charge in [-0.05, 0) is 12.1 Å². The second-order valence-electron chi connectivity index (χ2n) is 2.84. The van der Waals surface area contributed by atoms with Crippen LogP contribution in [0, 0.1) is 21.4 Å². The smallest absolute Gasteiger partial charge is 0.276 e. The minimum Gasteiger partial charge on any atom is -0.387 e. The van der Waals surface area contributed by atoms with Crippen LogP contribution >= 0.6 is 15.9 Å². The summed E-state index contributed by atoms with van der Waals surface area (Å²) >= 11 is 3.10. The van der Waals surface area contributed by atoms with Crippen molar-refractivity contribution in [1.82, 2.24) is 0 Å². The normalized spacial score (nSPS) is 11.8. The van der Waals surface area contributed by atoms with Crippen LogP contribution in [0.1, 0.15) is 18.1 Å². The zero-order chi connectivity index (χ0) is 11.4. The van der Waals surface area contributed by atoms with Crippen LogP contribution in [0.5, 0.6) is 0 Å². The molecule has 0 aliphatic heterocycles. The van der Waals surface area contributed by atoms with Gasteiger partial charge in [0.15, 0.2) is 0 Å². The van der Waals surface area contributed by atoms with Crippen molar-refractivity contribution >= 4 is 21.6 Å². The van der Waals surface area contributed by atoms with Gasteiger partial charge in [0, 0.05) is 10.5 Å². The molecule has 1 rings (SSSR count). The first-order valence-electron chi connectivity index (χ1n) is 4.05. The molecule has 1 aromatic carbocycles. The predicted molar refractivity (Wildman–Crippen MR) is 56.0 cm³/mol. The lowest BCUT2D eigenvalue weighted by Gasteiger charge is -2.07. The van der Waals surface area contributed by atoms with Gasteiger partial charge in [0.1, 0.15) is 0 Å². The van der Waals surface area contributed by atoms with E-state index in [0.717, 1.165) is 0 Å². The summed E-state index contributed by atoms with van der Waals surface area (Å²) in [5, 5.41) is 28.6. The fourth-order valence-corrected chi connectivity index (χ4v) is 1.50. The maximum absolute atomic E-state index is 10.7. The number of aliphatic hydroxyl groups is 1. The van der Waals surface area contributed by atoms with Gasteiger partial charge in [-0.3, -0.25) is 10.1 Å². The molecule has 1 aromatic rings. The molecule has 0 saturated carbocycles. The molecule has 0 aromatic heterocycles. The highest BCUT2D eigenvalue weighted by molar-refractivity contribution is 9.10. The first-order valence-corrected chi connectivity index (χ1v) is 4.84. The van der Waals surface area contributed by atoms with E-state index >= 15 is 0 Å². The molecule has 0 saturated heterocycles. The molecule has 1 N–H and O–H groups in total. The number of halogens is 1. The third kappa shape index (κ3) is 2.75. The molecule has 1 unspecified atom stereocenters. The van der Waals surface area contributed by atoms with Crippen LogP contribution in [0.3, 0.4) is 0 Å². The number of hydrogen-bond donors (Lipinski definition) is 1. The number of hydrogen-bond acceptors (Lipinski definition) is 4. The monoisotopic (exact) mass is 270 g/mol. The van der Waals surface area contributed by atoms with E-state index in [4.69, 9.17) is 5.26 Å². The molecule has 0 heterocycles. The lowest BCUT2D eigenvalue weighted by Crippen LogP contribution is -2.01. The van der Waals surface area contributed by atoms with Crippen LogP contribution in [-0.2, 0) is 0 Å². The summed E-state index contributed by atoms with van der Waals surface area (Å²) in [5.74, 6) is 0. The Balaban J connectivity index is 3.17.